The molecular weight excluding hydrogens is 202 g/mol. The summed E-state index contributed by atoms with van der Waals surface area (Å²) in [6.45, 7) is 2.43. The van der Waals surface area contributed by atoms with Crippen LogP contribution in [-0.4, -0.2) is 27.3 Å². The summed E-state index contributed by atoms with van der Waals surface area (Å²) < 4.78 is 6.72. The maximum absolute atomic E-state index is 11.3. The van der Waals surface area contributed by atoms with Crippen LogP contribution in [0.5, 0.6) is 0 Å². The molecule has 0 aromatic carbocycles. The van der Waals surface area contributed by atoms with Gasteiger partial charge in [0.05, 0.1) is 13.2 Å². The zero-order valence-electron chi connectivity index (χ0n) is 7.42. The molecule has 0 amide bonds. The molecule has 0 spiro atoms. The first kappa shape index (κ1) is 9.54. The molecule has 1 saturated heterocycles. The van der Waals surface area contributed by atoms with Crippen LogP contribution >= 0.6 is 11.8 Å². The molecule has 75 valence electrons. The molecule has 14 heavy (non-hydrogen) atoms. The third-order valence-electron chi connectivity index (χ3n) is 1.78. The topological polar surface area (TPSA) is 70.1 Å². The van der Waals surface area contributed by atoms with Crippen molar-refractivity contribution in [3.8, 4) is 0 Å². The van der Waals surface area contributed by atoms with E-state index in [1.54, 1.807) is 30.6 Å². The molecule has 0 bridgehead atoms. The smallest absolute Gasteiger partial charge is 0.349 e. The van der Waals surface area contributed by atoms with Crippen LogP contribution in [0.2, 0.25) is 0 Å². The Bertz CT molecular complexity index is 373. The van der Waals surface area contributed by atoms with Gasteiger partial charge in [0, 0.05) is 11.9 Å². The molecule has 6 heteroatoms. The van der Waals surface area contributed by atoms with E-state index >= 15 is 0 Å². The molecule has 0 aliphatic carbocycles. The highest BCUT2D eigenvalue weighted by Crippen LogP contribution is 2.21. The van der Waals surface area contributed by atoms with Gasteiger partial charge in [0.15, 0.2) is 0 Å². The number of aromatic nitrogens is 2. The maximum atomic E-state index is 11.3. The standard InChI is InChI=1S/C8H10N3O2S/c9-6-1-2-11(8(12)10-6)5-7-13-3-4-14-7/h1-2,5,7H,3-4H2,(H2,9,10,12)/t7-/m0/s1. The fourth-order valence-corrected chi connectivity index (χ4v) is 1.97. The lowest BCUT2D eigenvalue weighted by Gasteiger charge is -2.09. The van der Waals surface area contributed by atoms with Crippen molar-refractivity contribution >= 4 is 17.6 Å². The van der Waals surface area contributed by atoms with Crippen molar-refractivity contribution in [2.24, 2.45) is 0 Å². The van der Waals surface area contributed by atoms with Gasteiger partial charge in [0.25, 0.3) is 0 Å². The number of anilines is 1. The number of nitrogens with two attached hydrogens (primary N) is 1. The fraction of sp³-hybridized carbons (Fsp3) is 0.375. The summed E-state index contributed by atoms with van der Waals surface area (Å²) >= 11 is 1.65. The first-order valence-electron chi connectivity index (χ1n) is 4.18. The van der Waals surface area contributed by atoms with Gasteiger partial charge in [-0.05, 0) is 6.07 Å². The zero-order valence-corrected chi connectivity index (χ0v) is 8.24. The number of nitrogen functional groups attached to an aromatic ring is 1. The highest BCUT2D eigenvalue weighted by molar-refractivity contribution is 8.00. The summed E-state index contributed by atoms with van der Waals surface area (Å²) in [5.74, 6) is 1.19. The second kappa shape index (κ2) is 4.02. The second-order valence-corrected chi connectivity index (χ2v) is 4.01. The Morgan fingerprint density at radius 3 is 3.29 bits per heavy atom. The van der Waals surface area contributed by atoms with E-state index in [9.17, 15) is 4.79 Å². The second-order valence-electron chi connectivity index (χ2n) is 2.80. The Morgan fingerprint density at radius 1 is 1.79 bits per heavy atom. The van der Waals surface area contributed by atoms with Crippen LogP contribution in [-0.2, 0) is 4.74 Å². The molecule has 0 unspecified atom stereocenters. The van der Waals surface area contributed by atoms with Crippen LogP contribution in [0.1, 0.15) is 0 Å². The number of hydrogen-bond donors (Lipinski definition) is 1. The van der Waals surface area contributed by atoms with Gasteiger partial charge >= 0.3 is 5.69 Å². The molecule has 2 heterocycles. The Morgan fingerprint density at radius 2 is 2.64 bits per heavy atom. The van der Waals surface area contributed by atoms with Crippen LogP contribution in [0.3, 0.4) is 0 Å². The first-order valence-corrected chi connectivity index (χ1v) is 5.23. The Hall–Kier alpha value is -1.01. The van der Waals surface area contributed by atoms with Gasteiger partial charge in [0.2, 0.25) is 0 Å². The number of thioether (sulfide) groups is 1. The summed E-state index contributed by atoms with van der Waals surface area (Å²) in [5, 5.41) is 0. The molecular formula is C8H10N3O2S. The van der Waals surface area contributed by atoms with E-state index in [-0.39, 0.29) is 16.9 Å². The van der Waals surface area contributed by atoms with E-state index in [0.717, 1.165) is 12.4 Å². The minimum absolute atomic E-state index is 0.0573. The highest BCUT2D eigenvalue weighted by atomic mass is 32.2. The Labute approximate surface area is 85.3 Å². The van der Waals surface area contributed by atoms with Crippen LogP contribution < -0.4 is 11.4 Å². The monoisotopic (exact) mass is 212 g/mol. The molecule has 1 radical (unpaired) electrons. The molecule has 1 aliphatic rings. The van der Waals surface area contributed by atoms with Crippen LogP contribution in [0.4, 0.5) is 5.82 Å². The summed E-state index contributed by atoms with van der Waals surface area (Å²) in [7, 11) is 0. The summed E-state index contributed by atoms with van der Waals surface area (Å²) in [6, 6.07) is 1.58. The van der Waals surface area contributed by atoms with Crippen LogP contribution in [0, 0.1) is 6.54 Å². The molecule has 1 atom stereocenters. The fourth-order valence-electron chi connectivity index (χ4n) is 1.13. The Kier molecular flexibility index (Phi) is 2.74. The van der Waals surface area contributed by atoms with Gasteiger partial charge in [0.1, 0.15) is 11.3 Å². The summed E-state index contributed by atoms with van der Waals surface area (Å²) in [4.78, 5) is 14.9. The van der Waals surface area contributed by atoms with Gasteiger partial charge in [-0.1, -0.05) is 0 Å². The SMILES string of the molecule is Nc1ccn([CH][C@H]2OCCS2)c(=O)n1. The molecule has 1 aromatic heterocycles. The van der Waals surface area contributed by atoms with Crippen molar-refractivity contribution in [2.45, 2.75) is 5.44 Å². The lowest BCUT2D eigenvalue weighted by atomic mass is 10.5. The zero-order chi connectivity index (χ0) is 9.97. The minimum atomic E-state index is -0.374. The number of hydrogen-bond acceptors (Lipinski definition) is 5. The minimum Gasteiger partial charge on any atom is -0.383 e. The lowest BCUT2D eigenvalue weighted by molar-refractivity contribution is 0.158. The van der Waals surface area contributed by atoms with Crippen molar-refractivity contribution in [1.82, 2.24) is 9.55 Å². The van der Waals surface area contributed by atoms with E-state index in [1.165, 1.54) is 4.57 Å². The summed E-state index contributed by atoms with van der Waals surface area (Å²) in [5.41, 5.74) is 4.93. The van der Waals surface area contributed by atoms with Crippen molar-refractivity contribution < 1.29 is 4.74 Å². The van der Waals surface area contributed by atoms with Crippen LogP contribution in [0.15, 0.2) is 17.1 Å². The first-order chi connectivity index (χ1) is 6.75. The van der Waals surface area contributed by atoms with Gasteiger partial charge in [-0.3, -0.25) is 4.57 Å². The van der Waals surface area contributed by atoms with Gasteiger partial charge in [-0.25, -0.2) is 4.79 Å². The van der Waals surface area contributed by atoms with Crippen molar-refractivity contribution in [3.63, 3.8) is 0 Å². The van der Waals surface area contributed by atoms with Crippen molar-refractivity contribution in [2.75, 3.05) is 18.1 Å². The third-order valence-corrected chi connectivity index (χ3v) is 2.77. The van der Waals surface area contributed by atoms with Gasteiger partial charge < -0.3 is 10.5 Å². The highest BCUT2D eigenvalue weighted by Gasteiger charge is 2.17. The van der Waals surface area contributed by atoms with E-state index < -0.39 is 0 Å². The molecule has 2 rings (SSSR count). The number of nitrogens with zero attached hydrogens (tertiary/aromatic N) is 2. The van der Waals surface area contributed by atoms with E-state index in [2.05, 4.69) is 4.98 Å². The normalized spacial score (nSPS) is 21.3. The van der Waals surface area contributed by atoms with E-state index in [1.807, 2.05) is 0 Å². The quantitative estimate of drug-likeness (QED) is 0.742. The van der Waals surface area contributed by atoms with Crippen molar-refractivity contribution in [3.05, 3.63) is 29.3 Å². The maximum Gasteiger partial charge on any atom is 0.349 e. The van der Waals surface area contributed by atoms with Gasteiger partial charge in [-0.15, -0.1) is 11.8 Å². The van der Waals surface area contributed by atoms with Gasteiger partial charge in [-0.2, -0.15) is 4.98 Å². The molecule has 5 nitrogen and oxygen atoms in total. The molecule has 0 saturated carbocycles. The van der Waals surface area contributed by atoms with E-state index in [0.29, 0.717) is 0 Å². The molecule has 1 fully saturated rings. The number of ether oxygens (including phenoxy) is 1. The average molecular weight is 212 g/mol. The molecule has 2 N–H and O–H groups in total. The Balaban J connectivity index is 2.12. The van der Waals surface area contributed by atoms with Crippen molar-refractivity contribution in [1.29, 1.82) is 0 Å². The van der Waals surface area contributed by atoms with Crippen LogP contribution in [0.25, 0.3) is 0 Å². The summed E-state index contributed by atoms with van der Waals surface area (Å²) in [6.07, 6.45) is 1.59. The molecule has 1 aliphatic heterocycles. The van der Waals surface area contributed by atoms with E-state index in [4.69, 9.17) is 10.5 Å². The lowest BCUT2D eigenvalue weighted by Crippen LogP contribution is -2.25. The molecule has 1 aromatic rings. The number of rotatable bonds is 2. The largest absolute Gasteiger partial charge is 0.383 e. The average Bonchev–Trinajstić information content (AvgIpc) is 2.62. The predicted molar refractivity (Wildman–Crippen MR) is 54.8 cm³/mol. The third kappa shape index (κ3) is 2.08. The predicted octanol–water partition coefficient (Wildman–Crippen LogP) is -0.0751.